The molecule has 1 aromatic rings. The van der Waals surface area contributed by atoms with E-state index >= 15 is 0 Å². The number of hydrogen-bond acceptors (Lipinski definition) is 3. The van der Waals surface area contributed by atoms with Crippen LogP contribution in [0.1, 0.15) is 88.1 Å². The van der Waals surface area contributed by atoms with Crippen LogP contribution in [0, 0.1) is 5.92 Å². The summed E-state index contributed by atoms with van der Waals surface area (Å²) in [7, 11) is 0. The van der Waals surface area contributed by atoms with Gasteiger partial charge in [-0.1, -0.05) is 26.2 Å². The van der Waals surface area contributed by atoms with Gasteiger partial charge in [0, 0.05) is 23.6 Å². The smallest absolute Gasteiger partial charge is 0.134 e. The second-order valence-corrected chi connectivity index (χ2v) is 6.68. The Kier molecular flexibility index (Phi) is 4.23. The van der Waals surface area contributed by atoms with E-state index in [1.165, 1.54) is 63.5 Å². The van der Waals surface area contributed by atoms with Crippen LogP contribution in [0.5, 0.6) is 0 Å². The van der Waals surface area contributed by atoms with Crippen molar-refractivity contribution in [2.75, 3.05) is 5.73 Å². The standard InChI is InChI=1S/C17H27N3/c1-2-12-7-9-14(10-8-12)17-19-15(11-16(18)20-17)13-5-3-4-6-13/h11-14H,2-10H2,1H3,(H2,18,19,20). The molecule has 0 amide bonds. The van der Waals surface area contributed by atoms with Crippen LogP contribution in [0.2, 0.25) is 0 Å². The van der Waals surface area contributed by atoms with Crippen LogP contribution in [-0.2, 0) is 0 Å². The van der Waals surface area contributed by atoms with Crippen LogP contribution in [0.4, 0.5) is 5.82 Å². The maximum atomic E-state index is 6.04. The predicted molar refractivity (Wildman–Crippen MR) is 82.6 cm³/mol. The molecule has 0 spiro atoms. The lowest BCUT2D eigenvalue weighted by molar-refractivity contribution is 0.312. The monoisotopic (exact) mass is 273 g/mol. The number of rotatable bonds is 3. The highest BCUT2D eigenvalue weighted by Crippen LogP contribution is 2.38. The maximum Gasteiger partial charge on any atom is 0.134 e. The SMILES string of the molecule is CCC1CCC(c2nc(N)cc(C3CCCC3)n2)CC1. The first-order valence-electron chi connectivity index (χ1n) is 8.40. The van der Waals surface area contributed by atoms with Crippen LogP contribution in [0.15, 0.2) is 6.07 Å². The molecular weight excluding hydrogens is 246 g/mol. The molecule has 0 unspecified atom stereocenters. The van der Waals surface area contributed by atoms with Crippen molar-refractivity contribution >= 4 is 5.82 Å². The third-order valence-corrected chi connectivity index (χ3v) is 5.35. The van der Waals surface area contributed by atoms with Crippen molar-refractivity contribution < 1.29 is 0 Å². The lowest BCUT2D eigenvalue weighted by Gasteiger charge is -2.27. The molecule has 0 bridgehead atoms. The Bertz CT molecular complexity index is 444. The van der Waals surface area contributed by atoms with Gasteiger partial charge in [0.25, 0.3) is 0 Å². The number of aromatic nitrogens is 2. The summed E-state index contributed by atoms with van der Waals surface area (Å²) in [5, 5.41) is 0. The highest BCUT2D eigenvalue weighted by atomic mass is 15.0. The van der Waals surface area contributed by atoms with Crippen molar-refractivity contribution in [1.29, 1.82) is 0 Å². The minimum Gasteiger partial charge on any atom is -0.384 e. The molecule has 2 aliphatic rings. The molecule has 1 heterocycles. The van der Waals surface area contributed by atoms with Gasteiger partial charge in [0.15, 0.2) is 0 Å². The Morgan fingerprint density at radius 3 is 2.35 bits per heavy atom. The summed E-state index contributed by atoms with van der Waals surface area (Å²) in [6, 6.07) is 2.01. The van der Waals surface area contributed by atoms with E-state index in [1.54, 1.807) is 0 Å². The summed E-state index contributed by atoms with van der Waals surface area (Å²) in [6.45, 7) is 2.31. The van der Waals surface area contributed by atoms with Crippen molar-refractivity contribution in [2.24, 2.45) is 5.92 Å². The summed E-state index contributed by atoms with van der Waals surface area (Å²) in [6.07, 6.45) is 11.7. The highest BCUT2D eigenvalue weighted by molar-refractivity contribution is 5.32. The average Bonchev–Trinajstić information content (AvgIpc) is 3.01. The zero-order valence-corrected chi connectivity index (χ0v) is 12.6. The normalized spacial score (nSPS) is 27.9. The quantitative estimate of drug-likeness (QED) is 0.888. The molecule has 2 N–H and O–H groups in total. The number of nitrogens with two attached hydrogens (primary N) is 1. The number of hydrogen-bond donors (Lipinski definition) is 1. The van der Waals surface area contributed by atoms with Gasteiger partial charge in [-0.2, -0.15) is 0 Å². The second-order valence-electron chi connectivity index (χ2n) is 6.68. The Morgan fingerprint density at radius 1 is 1.00 bits per heavy atom. The highest BCUT2D eigenvalue weighted by Gasteiger charge is 2.25. The molecule has 0 radical (unpaired) electrons. The van der Waals surface area contributed by atoms with Gasteiger partial charge >= 0.3 is 0 Å². The first-order chi connectivity index (χ1) is 9.76. The minimum absolute atomic E-state index is 0.543. The average molecular weight is 273 g/mol. The fourth-order valence-corrected chi connectivity index (χ4v) is 3.95. The summed E-state index contributed by atoms with van der Waals surface area (Å²) < 4.78 is 0. The molecule has 2 saturated carbocycles. The lowest BCUT2D eigenvalue weighted by Crippen LogP contribution is -2.16. The fourth-order valence-electron chi connectivity index (χ4n) is 3.95. The van der Waals surface area contributed by atoms with Crippen LogP contribution < -0.4 is 5.73 Å². The van der Waals surface area contributed by atoms with E-state index in [9.17, 15) is 0 Å². The van der Waals surface area contributed by atoms with Gasteiger partial charge < -0.3 is 5.73 Å². The minimum atomic E-state index is 0.543. The van der Waals surface area contributed by atoms with Crippen molar-refractivity contribution in [2.45, 2.75) is 76.5 Å². The lowest BCUT2D eigenvalue weighted by atomic mass is 9.80. The maximum absolute atomic E-state index is 6.04. The van der Waals surface area contributed by atoms with Crippen LogP contribution in [0.25, 0.3) is 0 Å². The van der Waals surface area contributed by atoms with Gasteiger partial charge in [-0.3, -0.25) is 0 Å². The largest absolute Gasteiger partial charge is 0.384 e. The van der Waals surface area contributed by atoms with Gasteiger partial charge in [-0.05, 0) is 44.4 Å². The van der Waals surface area contributed by atoms with E-state index in [4.69, 9.17) is 10.7 Å². The Morgan fingerprint density at radius 2 is 1.70 bits per heavy atom. The van der Waals surface area contributed by atoms with Gasteiger partial charge in [-0.15, -0.1) is 0 Å². The van der Waals surface area contributed by atoms with E-state index in [2.05, 4.69) is 11.9 Å². The molecular formula is C17H27N3. The van der Waals surface area contributed by atoms with Crippen molar-refractivity contribution in [1.82, 2.24) is 9.97 Å². The van der Waals surface area contributed by atoms with Gasteiger partial charge in [-0.25, -0.2) is 9.97 Å². The van der Waals surface area contributed by atoms with E-state index in [0.717, 1.165) is 11.7 Å². The molecule has 0 aliphatic heterocycles. The fraction of sp³-hybridized carbons (Fsp3) is 0.765. The summed E-state index contributed by atoms with van der Waals surface area (Å²) >= 11 is 0. The molecule has 2 aliphatic carbocycles. The van der Waals surface area contributed by atoms with Crippen LogP contribution in [-0.4, -0.2) is 9.97 Å². The van der Waals surface area contributed by atoms with Crippen molar-refractivity contribution in [3.8, 4) is 0 Å². The molecule has 0 aromatic carbocycles. The number of anilines is 1. The zero-order valence-electron chi connectivity index (χ0n) is 12.6. The Balaban J connectivity index is 1.76. The van der Waals surface area contributed by atoms with Crippen LogP contribution in [0.3, 0.4) is 0 Å². The Labute approximate surface area is 122 Å². The van der Waals surface area contributed by atoms with Crippen molar-refractivity contribution in [3.05, 3.63) is 17.6 Å². The third kappa shape index (κ3) is 2.97. The molecule has 1 aromatic heterocycles. The molecule has 20 heavy (non-hydrogen) atoms. The summed E-state index contributed by atoms with van der Waals surface area (Å²) in [5.74, 6) is 3.80. The molecule has 0 saturated heterocycles. The zero-order chi connectivity index (χ0) is 13.9. The van der Waals surface area contributed by atoms with E-state index in [0.29, 0.717) is 17.7 Å². The molecule has 110 valence electrons. The molecule has 2 fully saturated rings. The van der Waals surface area contributed by atoms with E-state index in [1.807, 2.05) is 6.07 Å². The Hall–Kier alpha value is -1.12. The van der Waals surface area contributed by atoms with E-state index in [-0.39, 0.29) is 0 Å². The number of nitrogens with zero attached hydrogens (tertiary/aromatic N) is 2. The molecule has 3 heteroatoms. The third-order valence-electron chi connectivity index (χ3n) is 5.35. The topological polar surface area (TPSA) is 51.8 Å². The van der Waals surface area contributed by atoms with Gasteiger partial charge in [0.2, 0.25) is 0 Å². The first kappa shape index (κ1) is 13.8. The molecule has 3 rings (SSSR count). The summed E-state index contributed by atoms with van der Waals surface area (Å²) in [5.41, 5.74) is 7.25. The molecule has 3 nitrogen and oxygen atoms in total. The first-order valence-corrected chi connectivity index (χ1v) is 8.40. The number of nitrogen functional groups attached to an aromatic ring is 1. The summed E-state index contributed by atoms with van der Waals surface area (Å²) in [4.78, 5) is 9.45. The van der Waals surface area contributed by atoms with Gasteiger partial charge in [0.1, 0.15) is 11.6 Å². The molecule has 0 atom stereocenters. The van der Waals surface area contributed by atoms with E-state index < -0.39 is 0 Å². The van der Waals surface area contributed by atoms with Gasteiger partial charge in [0.05, 0.1) is 0 Å². The predicted octanol–water partition coefficient (Wildman–Crippen LogP) is 4.40. The van der Waals surface area contributed by atoms with Crippen molar-refractivity contribution in [3.63, 3.8) is 0 Å². The van der Waals surface area contributed by atoms with Crippen LogP contribution >= 0.6 is 0 Å². The second kappa shape index (κ2) is 6.11.